The minimum Gasteiger partial charge on any atom is -0.380 e. The van der Waals surface area contributed by atoms with Crippen molar-refractivity contribution in [3.8, 4) is 0 Å². The van der Waals surface area contributed by atoms with Crippen molar-refractivity contribution in [1.29, 1.82) is 0 Å². The Morgan fingerprint density at radius 3 is 2.17 bits per heavy atom. The zero-order valence-electron chi connectivity index (χ0n) is 17.4. The fraction of sp³-hybridized carbons (Fsp3) is 0.909. The van der Waals surface area contributed by atoms with Crippen LogP contribution in [0, 0.1) is 11.8 Å². The fourth-order valence-electron chi connectivity index (χ4n) is 6.04. The van der Waals surface area contributed by atoms with Crippen molar-refractivity contribution in [1.82, 2.24) is 20.4 Å². The molecule has 0 spiro atoms. The van der Waals surface area contributed by atoms with E-state index in [9.17, 15) is 14.7 Å². The van der Waals surface area contributed by atoms with Crippen LogP contribution in [-0.4, -0.2) is 76.8 Å². The van der Waals surface area contributed by atoms with E-state index in [4.69, 9.17) is 0 Å². The van der Waals surface area contributed by atoms with E-state index in [-0.39, 0.29) is 17.7 Å². The van der Waals surface area contributed by atoms with Crippen LogP contribution in [0.5, 0.6) is 0 Å². The van der Waals surface area contributed by atoms with Gasteiger partial charge >= 0.3 is 0 Å². The average Bonchev–Trinajstić information content (AvgIpc) is 3.37. The minimum atomic E-state index is -1.10. The molecule has 5 rings (SSSR count). The SMILES string of the molecule is O=C(C1CCC2NC(C3CCCCC3)NC2C1)N1CCN(C(=O)C2(O)CC2)CC1. The molecule has 2 heterocycles. The summed E-state index contributed by atoms with van der Waals surface area (Å²) in [7, 11) is 0. The zero-order valence-corrected chi connectivity index (χ0v) is 17.4. The number of carbonyl (C=O) groups excluding carboxylic acids is 2. The summed E-state index contributed by atoms with van der Waals surface area (Å²) in [6, 6.07) is 0.927. The first-order chi connectivity index (χ1) is 14.0. The lowest BCUT2D eigenvalue weighted by Crippen LogP contribution is -2.55. The van der Waals surface area contributed by atoms with E-state index in [0.29, 0.717) is 57.3 Å². The predicted octanol–water partition coefficient (Wildman–Crippen LogP) is 0.819. The number of hydrogen-bond acceptors (Lipinski definition) is 5. The van der Waals surface area contributed by atoms with E-state index >= 15 is 0 Å². The lowest BCUT2D eigenvalue weighted by Gasteiger charge is -2.39. The molecular weight excluding hydrogens is 368 g/mol. The lowest BCUT2D eigenvalue weighted by molar-refractivity contribution is -0.148. The molecule has 7 heteroatoms. The molecule has 0 radical (unpaired) electrons. The van der Waals surface area contributed by atoms with Gasteiger partial charge in [0.25, 0.3) is 5.91 Å². The Kier molecular flexibility index (Phi) is 5.33. The third kappa shape index (κ3) is 3.93. The number of rotatable bonds is 3. The summed E-state index contributed by atoms with van der Waals surface area (Å²) < 4.78 is 0. The van der Waals surface area contributed by atoms with Crippen LogP contribution in [0.3, 0.4) is 0 Å². The largest absolute Gasteiger partial charge is 0.380 e. The predicted molar refractivity (Wildman–Crippen MR) is 109 cm³/mol. The second kappa shape index (κ2) is 7.82. The first-order valence-electron chi connectivity index (χ1n) is 11.9. The van der Waals surface area contributed by atoms with Gasteiger partial charge in [0.2, 0.25) is 5.91 Å². The Morgan fingerprint density at radius 2 is 1.48 bits per heavy atom. The normalized spacial score (nSPS) is 37.3. The van der Waals surface area contributed by atoms with Gasteiger partial charge in [-0.2, -0.15) is 0 Å². The standard InChI is InChI=1S/C22H36N4O3/c27-20(25-10-12-26(13-11-25)21(28)22(29)8-9-22)16-6-7-17-18(14-16)24-19(23-17)15-4-2-1-3-5-15/h15-19,23-24,29H,1-14H2. The van der Waals surface area contributed by atoms with Gasteiger partial charge in [0.05, 0.1) is 6.17 Å². The highest BCUT2D eigenvalue weighted by Gasteiger charge is 2.50. The van der Waals surface area contributed by atoms with E-state index in [2.05, 4.69) is 10.6 Å². The lowest BCUT2D eigenvalue weighted by atomic mass is 9.82. The molecule has 0 bridgehead atoms. The van der Waals surface area contributed by atoms with Crippen LogP contribution in [-0.2, 0) is 9.59 Å². The molecule has 162 valence electrons. The van der Waals surface area contributed by atoms with Gasteiger partial charge in [-0.05, 0) is 50.9 Å². The van der Waals surface area contributed by atoms with Crippen molar-refractivity contribution < 1.29 is 14.7 Å². The molecule has 3 N–H and O–H groups in total. The van der Waals surface area contributed by atoms with Crippen LogP contribution in [0.1, 0.15) is 64.2 Å². The number of fused-ring (bicyclic) bond motifs is 1. The van der Waals surface area contributed by atoms with E-state index in [1.807, 2.05) is 4.90 Å². The average molecular weight is 405 g/mol. The Balaban J connectivity index is 1.12. The van der Waals surface area contributed by atoms with E-state index in [0.717, 1.165) is 25.2 Å². The molecule has 0 aromatic rings. The van der Waals surface area contributed by atoms with Crippen LogP contribution in [0.15, 0.2) is 0 Å². The molecule has 3 saturated carbocycles. The van der Waals surface area contributed by atoms with Gasteiger partial charge in [-0.15, -0.1) is 0 Å². The van der Waals surface area contributed by atoms with E-state index < -0.39 is 5.60 Å². The van der Waals surface area contributed by atoms with Gasteiger partial charge in [-0.25, -0.2) is 0 Å². The van der Waals surface area contributed by atoms with Crippen LogP contribution >= 0.6 is 0 Å². The molecule has 0 aromatic carbocycles. The monoisotopic (exact) mass is 404 g/mol. The molecule has 2 amide bonds. The van der Waals surface area contributed by atoms with Crippen LogP contribution < -0.4 is 10.6 Å². The maximum atomic E-state index is 13.1. The fourth-order valence-corrected chi connectivity index (χ4v) is 6.04. The van der Waals surface area contributed by atoms with Crippen molar-refractivity contribution in [2.75, 3.05) is 26.2 Å². The smallest absolute Gasteiger partial charge is 0.254 e. The highest BCUT2D eigenvalue weighted by atomic mass is 16.3. The summed E-state index contributed by atoms with van der Waals surface area (Å²) in [5.41, 5.74) is -1.10. The number of aliphatic hydroxyl groups is 1. The Labute approximate surface area is 173 Å². The molecule has 3 aliphatic carbocycles. The minimum absolute atomic E-state index is 0.102. The van der Waals surface area contributed by atoms with Gasteiger partial charge < -0.3 is 14.9 Å². The first kappa shape index (κ1) is 19.8. The van der Waals surface area contributed by atoms with Crippen molar-refractivity contribution in [3.63, 3.8) is 0 Å². The number of amides is 2. The summed E-state index contributed by atoms with van der Waals surface area (Å²) in [6.07, 6.45) is 11.3. The Morgan fingerprint density at radius 1 is 0.828 bits per heavy atom. The van der Waals surface area contributed by atoms with Crippen molar-refractivity contribution >= 4 is 11.8 Å². The van der Waals surface area contributed by atoms with Gasteiger partial charge in [-0.3, -0.25) is 20.2 Å². The molecule has 29 heavy (non-hydrogen) atoms. The Hall–Kier alpha value is -1.18. The number of piperazine rings is 1. The van der Waals surface area contributed by atoms with Gasteiger partial charge in [0.1, 0.15) is 5.60 Å². The van der Waals surface area contributed by atoms with Gasteiger partial charge in [-0.1, -0.05) is 19.3 Å². The molecular formula is C22H36N4O3. The molecule has 0 aromatic heterocycles. The number of nitrogens with zero attached hydrogens (tertiary/aromatic N) is 2. The van der Waals surface area contributed by atoms with Gasteiger partial charge in [0, 0.05) is 44.2 Å². The van der Waals surface area contributed by atoms with Crippen LogP contribution in [0.4, 0.5) is 0 Å². The number of nitrogens with one attached hydrogen (secondary N) is 2. The second-order valence-electron chi connectivity index (χ2n) is 10.1. The summed E-state index contributed by atoms with van der Waals surface area (Å²) in [5.74, 6) is 0.976. The van der Waals surface area contributed by atoms with Crippen molar-refractivity contribution in [2.24, 2.45) is 11.8 Å². The molecule has 4 unspecified atom stereocenters. The van der Waals surface area contributed by atoms with Gasteiger partial charge in [0.15, 0.2) is 0 Å². The number of hydrogen-bond donors (Lipinski definition) is 3. The van der Waals surface area contributed by atoms with E-state index in [1.165, 1.54) is 32.1 Å². The van der Waals surface area contributed by atoms with E-state index in [1.54, 1.807) is 4.90 Å². The molecule has 5 aliphatic rings. The highest BCUT2D eigenvalue weighted by Crippen LogP contribution is 2.37. The van der Waals surface area contributed by atoms with Crippen molar-refractivity contribution in [2.45, 2.75) is 88.1 Å². The second-order valence-corrected chi connectivity index (χ2v) is 10.1. The zero-order chi connectivity index (χ0) is 20.0. The van der Waals surface area contributed by atoms with Crippen LogP contribution in [0.2, 0.25) is 0 Å². The molecule has 5 fully saturated rings. The third-order valence-corrected chi connectivity index (χ3v) is 8.11. The maximum Gasteiger partial charge on any atom is 0.254 e. The topological polar surface area (TPSA) is 84.9 Å². The number of carbonyl (C=O) groups is 2. The summed E-state index contributed by atoms with van der Waals surface area (Å²) in [6.45, 7) is 2.30. The highest BCUT2D eigenvalue weighted by molar-refractivity contribution is 5.88. The van der Waals surface area contributed by atoms with Crippen LogP contribution in [0.25, 0.3) is 0 Å². The molecule has 7 nitrogen and oxygen atoms in total. The summed E-state index contributed by atoms with van der Waals surface area (Å²) in [4.78, 5) is 29.1. The quantitative estimate of drug-likeness (QED) is 0.649. The summed E-state index contributed by atoms with van der Waals surface area (Å²) in [5, 5.41) is 17.7. The molecule has 2 saturated heterocycles. The molecule has 2 aliphatic heterocycles. The third-order valence-electron chi connectivity index (χ3n) is 8.11. The first-order valence-corrected chi connectivity index (χ1v) is 11.9. The Bertz CT molecular complexity index is 638. The summed E-state index contributed by atoms with van der Waals surface area (Å²) >= 11 is 0. The molecule has 4 atom stereocenters. The maximum absolute atomic E-state index is 13.1. The van der Waals surface area contributed by atoms with Crippen molar-refractivity contribution in [3.05, 3.63) is 0 Å².